The topological polar surface area (TPSA) is 71.0 Å². The Morgan fingerprint density at radius 3 is 2.43 bits per heavy atom. The van der Waals surface area contributed by atoms with Crippen LogP contribution in [0, 0.1) is 52.3 Å². The number of rotatable bonds is 4. The molecule has 7 rings (SSSR count). The zero-order valence-electron chi connectivity index (χ0n) is 27.1. The largest absolute Gasteiger partial charge is 0.395 e. The van der Waals surface area contributed by atoms with Crippen molar-refractivity contribution in [3.63, 3.8) is 0 Å². The lowest BCUT2D eigenvalue weighted by Gasteiger charge is -2.61. The minimum Gasteiger partial charge on any atom is -0.395 e. The van der Waals surface area contributed by atoms with Crippen LogP contribution in [0.25, 0.3) is 0 Å². The Morgan fingerprint density at radius 1 is 0.905 bits per heavy atom. The van der Waals surface area contributed by atoms with E-state index in [-0.39, 0.29) is 24.5 Å². The summed E-state index contributed by atoms with van der Waals surface area (Å²) in [6, 6.07) is 0.653. The number of hydrogen-bond acceptors (Lipinski definition) is 4. The summed E-state index contributed by atoms with van der Waals surface area (Å²) < 4.78 is 13.5. The third-order valence-electron chi connectivity index (χ3n) is 14.9. The van der Waals surface area contributed by atoms with Crippen LogP contribution in [-0.2, 0) is 9.47 Å². The standard InChI is InChI=1S/C36H60N2O4/c1-23-12-17-36(41-22-23)24(2)32-31(42-36)21-30-28-11-10-25-20-26(13-15-34(25,3)29(28)14-16-35(30,32)4)37-33(40)38(18-19-39)27-8-6-5-7-9-27/h23-32,39H,5-22H2,1-4H3,(H,37,40)/t23-,24-,25+,26+,28+,29?,30?,31?,32?,34-,35-,36+/m0/s1. The number of aliphatic hydroxyl groups is 1. The normalized spacial score (nSPS) is 50.5. The molecule has 7 fully saturated rings. The fourth-order valence-corrected chi connectivity index (χ4v) is 12.6. The molecular weight excluding hydrogens is 524 g/mol. The molecule has 7 aliphatic rings. The Morgan fingerprint density at radius 2 is 1.69 bits per heavy atom. The molecule has 2 saturated heterocycles. The molecule has 0 aromatic rings. The number of urea groups is 1. The second kappa shape index (κ2) is 11.2. The van der Waals surface area contributed by atoms with Crippen molar-refractivity contribution in [1.82, 2.24) is 10.2 Å². The molecule has 0 aromatic carbocycles. The van der Waals surface area contributed by atoms with E-state index in [9.17, 15) is 9.90 Å². The van der Waals surface area contributed by atoms with E-state index in [2.05, 4.69) is 33.0 Å². The predicted octanol–water partition coefficient (Wildman–Crippen LogP) is 7.14. The van der Waals surface area contributed by atoms with Crippen LogP contribution >= 0.6 is 0 Å². The minimum absolute atomic E-state index is 0.0528. The predicted molar refractivity (Wildman–Crippen MR) is 165 cm³/mol. The summed E-state index contributed by atoms with van der Waals surface area (Å²) in [5, 5.41) is 13.2. The molecule has 2 aliphatic heterocycles. The zero-order chi connectivity index (χ0) is 29.3. The van der Waals surface area contributed by atoms with Gasteiger partial charge >= 0.3 is 6.03 Å². The molecule has 5 aliphatic carbocycles. The molecule has 0 radical (unpaired) electrons. The molecule has 4 unspecified atom stereocenters. The second-order valence-electron chi connectivity index (χ2n) is 16.8. The molecule has 238 valence electrons. The monoisotopic (exact) mass is 584 g/mol. The van der Waals surface area contributed by atoms with Crippen molar-refractivity contribution in [3.8, 4) is 0 Å². The van der Waals surface area contributed by atoms with E-state index in [1.807, 2.05) is 4.90 Å². The molecule has 6 nitrogen and oxygen atoms in total. The molecule has 2 N–H and O–H groups in total. The van der Waals surface area contributed by atoms with Gasteiger partial charge in [-0.2, -0.15) is 0 Å². The van der Waals surface area contributed by atoms with Gasteiger partial charge < -0.3 is 24.8 Å². The Labute approximate surface area is 255 Å². The smallest absolute Gasteiger partial charge is 0.317 e. The van der Waals surface area contributed by atoms with Gasteiger partial charge in [-0.3, -0.25) is 0 Å². The van der Waals surface area contributed by atoms with Gasteiger partial charge in [0.1, 0.15) is 0 Å². The summed E-state index contributed by atoms with van der Waals surface area (Å²) in [7, 11) is 0. The summed E-state index contributed by atoms with van der Waals surface area (Å²) >= 11 is 0. The van der Waals surface area contributed by atoms with Gasteiger partial charge in [0, 0.05) is 31.0 Å². The highest BCUT2D eigenvalue weighted by Gasteiger charge is 2.69. The maximum Gasteiger partial charge on any atom is 0.317 e. The van der Waals surface area contributed by atoms with Crippen LogP contribution in [-0.4, -0.2) is 59.8 Å². The second-order valence-corrected chi connectivity index (χ2v) is 16.8. The van der Waals surface area contributed by atoms with E-state index in [1.165, 1.54) is 64.2 Å². The maximum atomic E-state index is 13.5. The molecular formula is C36H60N2O4. The summed E-state index contributed by atoms with van der Waals surface area (Å²) in [6.07, 6.45) is 18.6. The van der Waals surface area contributed by atoms with Crippen molar-refractivity contribution in [1.29, 1.82) is 0 Å². The van der Waals surface area contributed by atoms with Crippen LogP contribution in [0.5, 0.6) is 0 Å². The minimum atomic E-state index is -0.317. The molecule has 2 heterocycles. The van der Waals surface area contributed by atoms with Crippen LogP contribution in [0.3, 0.4) is 0 Å². The van der Waals surface area contributed by atoms with Crippen molar-refractivity contribution in [2.24, 2.45) is 52.3 Å². The highest BCUT2D eigenvalue weighted by molar-refractivity contribution is 5.75. The van der Waals surface area contributed by atoms with Crippen LogP contribution in [0.15, 0.2) is 0 Å². The number of carbonyl (C=O) groups excluding carboxylic acids is 1. The summed E-state index contributed by atoms with van der Waals surface area (Å²) in [4.78, 5) is 15.4. The van der Waals surface area contributed by atoms with Crippen molar-refractivity contribution in [2.75, 3.05) is 19.8 Å². The highest BCUT2D eigenvalue weighted by atomic mass is 16.7. The van der Waals surface area contributed by atoms with Gasteiger partial charge in [-0.25, -0.2) is 4.79 Å². The fourth-order valence-electron chi connectivity index (χ4n) is 12.6. The molecule has 42 heavy (non-hydrogen) atoms. The number of aliphatic hydroxyl groups excluding tert-OH is 1. The van der Waals surface area contributed by atoms with E-state index >= 15 is 0 Å². The average molecular weight is 585 g/mol. The Balaban J connectivity index is 1.01. The fraction of sp³-hybridized carbons (Fsp3) is 0.972. The number of ether oxygens (including phenoxy) is 2. The Kier molecular flexibility index (Phi) is 7.95. The van der Waals surface area contributed by atoms with E-state index < -0.39 is 0 Å². The SMILES string of the molecule is C[C@H]1CC[C@@]2(OC1)OC1CC3[C@@H]4CC[C@@H]5C[C@H](NC(=O)N(CCO)C6CCCCC6)CC[C@]5(C)C4CC[C@]3(C)C1[C@@H]2C. The van der Waals surface area contributed by atoms with Crippen LogP contribution < -0.4 is 5.32 Å². The summed E-state index contributed by atoms with van der Waals surface area (Å²) in [5.74, 6) is 4.60. The average Bonchev–Trinajstić information content (AvgIpc) is 3.43. The van der Waals surface area contributed by atoms with Gasteiger partial charge in [0.2, 0.25) is 0 Å². The van der Waals surface area contributed by atoms with E-state index in [4.69, 9.17) is 9.47 Å². The maximum absolute atomic E-state index is 13.5. The van der Waals surface area contributed by atoms with Crippen LogP contribution in [0.1, 0.15) is 124 Å². The molecule has 5 saturated carbocycles. The number of fused-ring (bicyclic) bond motifs is 7. The first-order valence-electron chi connectivity index (χ1n) is 18.2. The van der Waals surface area contributed by atoms with Gasteiger partial charge in [0.15, 0.2) is 5.79 Å². The van der Waals surface area contributed by atoms with Crippen molar-refractivity contribution in [3.05, 3.63) is 0 Å². The Hall–Kier alpha value is -0.850. The molecule has 6 heteroatoms. The zero-order valence-corrected chi connectivity index (χ0v) is 27.1. The van der Waals surface area contributed by atoms with E-state index in [0.29, 0.717) is 53.2 Å². The van der Waals surface area contributed by atoms with Gasteiger partial charge in [-0.1, -0.05) is 47.0 Å². The molecule has 2 amide bonds. The number of carbonyl (C=O) groups is 1. The van der Waals surface area contributed by atoms with Gasteiger partial charge in [-0.05, 0) is 117 Å². The lowest BCUT2D eigenvalue weighted by molar-refractivity contribution is -0.273. The van der Waals surface area contributed by atoms with Crippen molar-refractivity contribution >= 4 is 6.03 Å². The Bertz CT molecular complexity index is 991. The molecule has 0 aromatic heterocycles. The first kappa shape index (κ1) is 29.8. The van der Waals surface area contributed by atoms with Gasteiger partial charge in [-0.15, -0.1) is 0 Å². The highest BCUT2D eigenvalue weighted by Crippen LogP contribution is 2.71. The van der Waals surface area contributed by atoms with Crippen molar-refractivity contribution in [2.45, 2.75) is 148 Å². The quantitative estimate of drug-likeness (QED) is 0.369. The van der Waals surface area contributed by atoms with Crippen LogP contribution in [0.2, 0.25) is 0 Å². The third kappa shape index (κ3) is 4.70. The number of hydrogen-bond donors (Lipinski definition) is 2. The lowest BCUT2D eigenvalue weighted by Crippen LogP contribution is -2.57. The van der Waals surface area contributed by atoms with E-state index in [1.54, 1.807) is 0 Å². The first-order chi connectivity index (χ1) is 20.2. The number of nitrogens with one attached hydrogen (secondary N) is 1. The summed E-state index contributed by atoms with van der Waals surface area (Å²) in [6.45, 7) is 11.4. The van der Waals surface area contributed by atoms with Crippen molar-refractivity contribution < 1.29 is 19.4 Å². The first-order valence-corrected chi connectivity index (χ1v) is 18.2. The number of nitrogens with zero attached hydrogens (tertiary/aromatic N) is 1. The van der Waals surface area contributed by atoms with E-state index in [0.717, 1.165) is 56.5 Å². The lowest BCUT2D eigenvalue weighted by atomic mass is 9.44. The molecule has 1 spiro atoms. The van der Waals surface area contributed by atoms with Gasteiger partial charge in [0.25, 0.3) is 0 Å². The third-order valence-corrected chi connectivity index (χ3v) is 14.9. The van der Waals surface area contributed by atoms with Crippen LogP contribution in [0.4, 0.5) is 4.79 Å². The molecule has 12 atom stereocenters. The summed E-state index contributed by atoms with van der Waals surface area (Å²) in [5.41, 5.74) is 0.776. The number of amides is 2. The molecule has 0 bridgehead atoms. The van der Waals surface area contributed by atoms with Gasteiger partial charge in [0.05, 0.1) is 19.3 Å².